The second kappa shape index (κ2) is 8.15. The third-order valence-corrected chi connectivity index (χ3v) is 3.98. The molecule has 132 valence electrons. The topological polar surface area (TPSA) is 61.9 Å². The van der Waals surface area contributed by atoms with Crippen molar-refractivity contribution in [2.45, 2.75) is 39.2 Å². The van der Waals surface area contributed by atoms with Gasteiger partial charge in [0.25, 0.3) is 5.91 Å². The number of nitrogens with one attached hydrogen (secondary N) is 1. The molecule has 0 aliphatic carbocycles. The highest BCUT2D eigenvalue weighted by molar-refractivity contribution is 6.01. The highest BCUT2D eigenvalue weighted by atomic mass is 16.5. The van der Waals surface area contributed by atoms with Crippen LogP contribution < -0.4 is 15.0 Å². The number of unbranched alkanes of at least 4 members (excludes halogenated alkanes) is 1. The number of ether oxygens (including phenoxy) is 1. The third-order valence-electron chi connectivity index (χ3n) is 3.98. The number of rotatable bonds is 7. The lowest BCUT2D eigenvalue weighted by Crippen LogP contribution is -2.46. The van der Waals surface area contributed by atoms with E-state index in [9.17, 15) is 9.59 Å². The minimum atomic E-state index is -0.496. The SMILES string of the molecule is CCCCC(=O)Nc1ccc2c(c1)N(CCN(C)C)C(=O)C(C)O2. The van der Waals surface area contributed by atoms with Gasteiger partial charge in [-0.1, -0.05) is 13.3 Å². The van der Waals surface area contributed by atoms with Crippen molar-refractivity contribution in [1.82, 2.24) is 4.90 Å². The van der Waals surface area contributed by atoms with Crippen LogP contribution >= 0.6 is 0 Å². The van der Waals surface area contributed by atoms with E-state index in [0.29, 0.717) is 30.1 Å². The zero-order valence-corrected chi connectivity index (χ0v) is 15.0. The van der Waals surface area contributed by atoms with Crippen LogP contribution in [-0.2, 0) is 9.59 Å². The molecule has 1 aliphatic heterocycles. The zero-order chi connectivity index (χ0) is 17.7. The van der Waals surface area contributed by atoms with E-state index in [1.54, 1.807) is 11.8 Å². The van der Waals surface area contributed by atoms with Gasteiger partial charge in [0.1, 0.15) is 5.75 Å². The van der Waals surface area contributed by atoms with Crippen molar-refractivity contribution in [3.05, 3.63) is 18.2 Å². The predicted octanol–water partition coefficient (Wildman–Crippen LogP) is 2.49. The van der Waals surface area contributed by atoms with Gasteiger partial charge in [0.05, 0.1) is 5.69 Å². The second-order valence-electron chi connectivity index (χ2n) is 6.39. The quantitative estimate of drug-likeness (QED) is 0.833. The number of likely N-dealkylation sites (N-methyl/N-ethyl adjacent to an activating group) is 1. The Bertz CT molecular complexity index is 601. The molecule has 0 radical (unpaired) electrons. The van der Waals surface area contributed by atoms with Crippen LogP contribution in [0.1, 0.15) is 33.1 Å². The fraction of sp³-hybridized carbons (Fsp3) is 0.556. The van der Waals surface area contributed by atoms with Crippen molar-refractivity contribution < 1.29 is 14.3 Å². The van der Waals surface area contributed by atoms with Gasteiger partial charge < -0.3 is 19.9 Å². The Hall–Kier alpha value is -2.08. The summed E-state index contributed by atoms with van der Waals surface area (Å²) in [6.07, 6.45) is 1.86. The summed E-state index contributed by atoms with van der Waals surface area (Å²) >= 11 is 0. The summed E-state index contributed by atoms with van der Waals surface area (Å²) in [5, 5.41) is 2.90. The standard InChI is InChI=1S/C18H27N3O3/c1-5-6-7-17(22)19-14-8-9-16-15(12-14)21(11-10-20(3)4)18(23)13(2)24-16/h8-9,12-13H,5-7,10-11H2,1-4H3,(H,19,22). The first-order chi connectivity index (χ1) is 11.4. The fourth-order valence-corrected chi connectivity index (χ4v) is 2.58. The van der Waals surface area contributed by atoms with Crippen molar-refractivity contribution in [1.29, 1.82) is 0 Å². The Labute approximate surface area is 143 Å². The van der Waals surface area contributed by atoms with Crippen LogP contribution in [0, 0.1) is 0 Å². The summed E-state index contributed by atoms with van der Waals surface area (Å²) in [5.41, 5.74) is 1.41. The minimum absolute atomic E-state index is 0.00642. The van der Waals surface area contributed by atoms with E-state index in [1.165, 1.54) is 0 Å². The van der Waals surface area contributed by atoms with Crippen LogP contribution in [0.15, 0.2) is 18.2 Å². The molecule has 1 N–H and O–H groups in total. The van der Waals surface area contributed by atoms with E-state index >= 15 is 0 Å². The number of nitrogens with zero attached hydrogens (tertiary/aromatic N) is 2. The smallest absolute Gasteiger partial charge is 0.267 e. The summed E-state index contributed by atoms with van der Waals surface area (Å²) in [6, 6.07) is 5.45. The van der Waals surface area contributed by atoms with Crippen molar-refractivity contribution in [2.24, 2.45) is 0 Å². The lowest BCUT2D eigenvalue weighted by atomic mass is 10.1. The number of amides is 2. The molecule has 0 bridgehead atoms. The average molecular weight is 333 g/mol. The van der Waals surface area contributed by atoms with Crippen molar-refractivity contribution in [3.8, 4) is 5.75 Å². The summed E-state index contributed by atoms with van der Waals surface area (Å²) in [6.45, 7) is 5.15. The van der Waals surface area contributed by atoms with E-state index in [0.717, 1.165) is 19.4 Å². The minimum Gasteiger partial charge on any atom is -0.479 e. The van der Waals surface area contributed by atoms with Crippen LogP contribution in [0.25, 0.3) is 0 Å². The van der Waals surface area contributed by atoms with Crippen LogP contribution in [0.3, 0.4) is 0 Å². The number of carbonyl (C=O) groups is 2. The van der Waals surface area contributed by atoms with Gasteiger partial charge in [-0.15, -0.1) is 0 Å². The molecule has 0 aromatic heterocycles. The molecule has 6 heteroatoms. The van der Waals surface area contributed by atoms with E-state index in [4.69, 9.17) is 4.74 Å². The van der Waals surface area contributed by atoms with Crippen LogP contribution in [0.4, 0.5) is 11.4 Å². The Morgan fingerprint density at radius 1 is 1.38 bits per heavy atom. The van der Waals surface area contributed by atoms with Gasteiger partial charge in [-0.25, -0.2) is 0 Å². The molecule has 1 aromatic carbocycles. The summed E-state index contributed by atoms with van der Waals surface area (Å²) in [4.78, 5) is 28.2. The van der Waals surface area contributed by atoms with Crippen molar-refractivity contribution in [3.63, 3.8) is 0 Å². The van der Waals surface area contributed by atoms with E-state index in [-0.39, 0.29) is 11.8 Å². The summed E-state index contributed by atoms with van der Waals surface area (Å²) in [7, 11) is 3.94. The zero-order valence-electron chi connectivity index (χ0n) is 15.0. The molecule has 6 nitrogen and oxygen atoms in total. The molecule has 1 atom stereocenters. The van der Waals surface area contributed by atoms with Crippen LogP contribution in [-0.4, -0.2) is 50.0 Å². The molecule has 1 heterocycles. The van der Waals surface area contributed by atoms with Crippen molar-refractivity contribution >= 4 is 23.2 Å². The van der Waals surface area contributed by atoms with Crippen LogP contribution in [0.5, 0.6) is 5.75 Å². The van der Waals surface area contributed by atoms with E-state index in [2.05, 4.69) is 12.2 Å². The van der Waals surface area contributed by atoms with Gasteiger partial charge in [-0.2, -0.15) is 0 Å². The molecule has 1 aromatic rings. The molecule has 0 saturated heterocycles. The first-order valence-corrected chi connectivity index (χ1v) is 8.49. The Kier molecular flexibility index (Phi) is 6.20. The molecule has 1 unspecified atom stereocenters. The Morgan fingerprint density at radius 2 is 2.12 bits per heavy atom. The van der Waals surface area contributed by atoms with Gasteiger partial charge in [-0.05, 0) is 45.6 Å². The average Bonchev–Trinajstić information content (AvgIpc) is 2.53. The third kappa shape index (κ3) is 4.47. The van der Waals surface area contributed by atoms with Gasteiger partial charge in [-0.3, -0.25) is 9.59 Å². The second-order valence-corrected chi connectivity index (χ2v) is 6.39. The maximum Gasteiger partial charge on any atom is 0.267 e. The van der Waals surface area contributed by atoms with Crippen molar-refractivity contribution in [2.75, 3.05) is 37.4 Å². The maximum absolute atomic E-state index is 12.5. The molecule has 0 spiro atoms. The fourth-order valence-electron chi connectivity index (χ4n) is 2.58. The number of hydrogen-bond acceptors (Lipinski definition) is 4. The molecule has 2 rings (SSSR count). The molecular formula is C18H27N3O3. The van der Waals surface area contributed by atoms with Gasteiger partial charge in [0.2, 0.25) is 5.91 Å². The Morgan fingerprint density at radius 3 is 2.79 bits per heavy atom. The number of fused-ring (bicyclic) bond motifs is 1. The highest BCUT2D eigenvalue weighted by Crippen LogP contribution is 2.36. The van der Waals surface area contributed by atoms with E-state index < -0.39 is 6.10 Å². The van der Waals surface area contributed by atoms with E-state index in [1.807, 2.05) is 37.2 Å². The number of benzene rings is 1. The molecule has 1 aliphatic rings. The maximum atomic E-state index is 12.5. The van der Waals surface area contributed by atoms with Gasteiger partial charge in [0.15, 0.2) is 6.10 Å². The van der Waals surface area contributed by atoms with Crippen LogP contribution in [0.2, 0.25) is 0 Å². The summed E-state index contributed by atoms with van der Waals surface area (Å²) < 4.78 is 5.69. The largest absolute Gasteiger partial charge is 0.479 e. The first-order valence-electron chi connectivity index (χ1n) is 8.49. The number of anilines is 2. The highest BCUT2D eigenvalue weighted by Gasteiger charge is 2.31. The van der Waals surface area contributed by atoms with Gasteiger partial charge >= 0.3 is 0 Å². The van der Waals surface area contributed by atoms with Gasteiger partial charge in [0, 0.05) is 25.2 Å². The molecule has 0 saturated carbocycles. The predicted molar refractivity (Wildman–Crippen MR) is 95.6 cm³/mol. The lowest BCUT2D eigenvalue weighted by Gasteiger charge is -2.34. The molecule has 0 fully saturated rings. The monoisotopic (exact) mass is 333 g/mol. The lowest BCUT2D eigenvalue weighted by molar-refractivity contribution is -0.125. The summed E-state index contributed by atoms with van der Waals surface area (Å²) in [5.74, 6) is 0.610. The normalized spacial score (nSPS) is 16.8. The molecule has 24 heavy (non-hydrogen) atoms. The Balaban J connectivity index is 2.20. The number of carbonyl (C=O) groups excluding carboxylic acids is 2. The molecular weight excluding hydrogens is 306 g/mol. The molecule has 2 amide bonds. The number of hydrogen-bond donors (Lipinski definition) is 1. The first kappa shape index (κ1) is 18.3.